The molecule has 0 bridgehead atoms. The van der Waals surface area contributed by atoms with Gasteiger partial charge in [0.25, 0.3) is 0 Å². The Bertz CT molecular complexity index is 341. The zero-order chi connectivity index (χ0) is 12.3. The Morgan fingerprint density at radius 2 is 1.94 bits per heavy atom. The highest BCUT2D eigenvalue weighted by atomic mass is 16.3. The van der Waals surface area contributed by atoms with Gasteiger partial charge >= 0.3 is 0 Å². The first-order valence-electron chi connectivity index (χ1n) is 5.81. The van der Waals surface area contributed by atoms with Crippen molar-refractivity contribution in [3.8, 4) is 0 Å². The lowest BCUT2D eigenvalue weighted by atomic mass is 9.78. The van der Waals surface area contributed by atoms with Crippen molar-refractivity contribution in [3.63, 3.8) is 0 Å². The molecule has 2 unspecified atom stereocenters. The standard InChI is InChI=1S/C14H23NO/c1-10-6-5-7-11(8-10)12(9-15)13(16)14(2,3)4/h5-8,12-13,16H,9,15H2,1-4H3. The van der Waals surface area contributed by atoms with Gasteiger partial charge in [-0.05, 0) is 17.9 Å². The molecular weight excluding hydrogens is 198 g/mol. The second-order valence-electron chi connectivity index (χ2n) is 5.57. The van der Waals surface area contributed by atoms with Gasteiger partial charge < -0.3 is 10.8 Å². The number of rotatable bonds is 3. The number of aliphatic hydroxyl groups is 1. The van der Waals surface area contributed by atoms with E-state index in [2.05, 4.69) is 19.1 Å². The van der Waals surface area contributed by atoms with Gasteiger partial charge in [0.15, 0.2) is 0 Å². The van der Waals surface area contributed by atoms with Gasteiger partial charge in [-0.2, -0.15) is 0 Å². The summed E-state index contributed by atoms with van der Waals surface area (Å²) in [6.45, 7) is 8.64. The van der Waals surface area contributed by atoms with Crippen molar-refractivity contribution < 1.29 is 5.11 Å². The molecule has 2 atom stereocenters. The zero-order valence-corrected chi connectivity index (χ0v) is 10.7. The minimum Gasteiger partial charge on any atom is -0.392 e. The summed E-state index contributed by atoms with van der Waals surface area (Å²) in [6, 6.07) is 8.22. The highest BCUT2D eigenvalue weighted by Gasteiger charge is 2.30. The maximum atomic E-state index is 10.3. The molecule has 2 heteroatoms. The summed E-state index contributed by atoms with van der Waals surface area (Å²) >= 11 is 0. The first kappa shape index (κ1) is 13.2. The van der Waals surface area contributed by atoms with Crippen LogP contribution >= 0.6 is 0 Å². The molecule has 0 aromatic heterocycles. The Kier molecular flexibility index (Phi) is 4.11. The summed E-state index contributed by atoms with van der Waals surface area (Å²) in [7, 11) is 0. The van der Waals surface area contributed by atoms with Crippen LogP contribution in [0.5, 0.6) is 0 Å². The second kappa shape index (κ2) is 4.98. The Labute approximate surface area is 98.5 Å². The SMILES string of the molecule is Cc1cccc(C(CN)C(O)C(C)(C)C)c1. The fourth-order valence-electron chi connectivity index (χ4n) is 1.95. The fourth-order valence-corrected chi connectivity index (χ4v) is 1.95. The van der Waals surface area contributed by atoms with Crippen LogP contribution in [0.25, 0.3) is 0 Å². The van der Waals surface area contributed by atoms with Crippen molar-refractivity contribution in [2.24, 2.45) is 11.1 Å². The predicted molar refractivity (Wildman–Crippen MR) is 68.4 cm³/mol. The molecule has 1 aromatic carbocycles. The van der Waals surface area contributed by atoms with E-state index in [4.69, 9.17) is 5.73 Å². The molecule has 2 nitrogen and oxygen atoms in total. The molecular formula is C14H23NO. The minimum absolute atomic E-state index is 0.0138. The quantitative estimate of drug-likeness (QED) is 0.823. The van der Waals surface area contributed by atoms with Gasteiger partial charge in [-0.25, -0.2) is 0 Å². The van der Waals surface area contributed by atoms with E-state index in [9.17, 15) is 5.11 Å². The van der Waals surface area contributed by atoms with Crippen molar-refractivity contribution in [2.45, 2.75) is 39.7 Å². The van der Waals surface area contributed by atoms with E-state index in [0.29, 0.717) is 6.54 Å². The van der Waals surface area contributed by atoms with Crippen molar-refractivity contribution >= 4 is 0 Å². The highest BCUT2D eigenvalue weighted by Crippen LogP contribution is 2.31. The summed E-state index contributed by atoms with van der Waals surface area (Å²) in [5.41, 5.74) is 7.98. The molecule has 0 saturated carbocycles. The summed E-state index contributed by atoms with van der Waals surface area (Å²) in [4.78, 5) is 0. The third kappa shape index (κ3) is 3.06. The van der Waals surface area contributed by atoms with E-state index >= 15 is 0 Å². The number of hydrogen-bond donors (Lipinski definition) is 2. The number of aryl methyl sites for hydroxylation is 1. The first-order valence-corrected chi connectivity index (χ1v) is 5.81. The summed E-state index contributed by atoms with van der Waals surface area (Å²) < 4.78 is 0. The number of benzene rings is 1. The van der Waals surface area contributed by atoms with Gasteiger partial charge in [0.2, 0.25) is 0 Å². The minimum atomic E-state index is -0.417. The molecule has 0 aliphatic heterocycles. The first-order chi connectivity index (χ1) is 7.36. The van der Waals surface area contributed by atoms with Gasteiger partial charge in [0, 0.05) is 12.5 Å². The lowest BCUT2D eigenvalue weighted by molar-refractivity contribution is 0.0407. The monoisotopic (exact) mass is 221 g/mol. The molecule has 0 fully saturated rings. The Hall–Kier alpha value is -0.860. The number of nitrogens with two attached hydrogens (primary N) is 1. The normalized spacial score (nSPS) is 15.9. The lowest BCUT2D eigenvalue weighted by Gasteiger charge is -2.32. The van der Waals surface area contributed by atoms with Gasteiger partial charge in [0.05, 0.1) is 6.10 Å². The Morgan fingerprint density at radius 1 is 1.31 bits per heavy atom. The van der Waals surface area contributed by atoms with Crippen molar-refractivity contribution in [2.75, 3.05) is 6.54 Å². The summed E-state index contributed by atoms with van der Waals surface area (Å²) in [6.07, 6.45) is -0.417. The maximum Gasteiger partial charge on any atom is 0.0669 e. The zero-order valence-electron chi connectivity index (χ0n) is 10.7. The average molecular weight is 221 g/mol. The molecule has 0 aliphatic carbocycles. The summed E-state index contributed by atoms with van der Waals surface area (Å²) in [5, 5.41) is 10.3. The fraction of sp³-hybridized carbons (Fsp3) is 0.571. The van der Waals surface area contributed by atoms with E-state index in [1.54, 1.807) is 0 Å². The molecule has 0 spiro atoms. The van der Waals surface area contributed by atoms with E-state index in [0.717, 1.165) is 5.56 Å². The van der Waals surface area contributed by atoms with Crippen molar-refractivity contribution in [3.05, 3.63) is 35.4 Å². The van der Waals surface area contributed by atoms with Gasteiger partial charge in [-0.15, -0.1) is 0 Å². The molecule has 0 radical (unpaired) electrons. The molecule has 0 aliphatic rings. The summed E-state index contributed by atoms with van der Waals surface area (Å²) in [5.74, 6) is 0.0138. The molecule has 3 N–H and O–H groups in total. The Balaban J connectivity index is 2.99. The molecule has 0 saturated heterocycles. The van der Waals surface area contributed by atoms with E-state index in [1.807, 2.05) is 32.9 Å². The van der Waals surface area contributed by atoms with Crippen molar-refractivity contribution in [1.82, 2.24) is 0 Å². The van der Waals surface area contributed by atoms with Crippen LogP contribution in [0, 0.1) is 12.3 Å². The lowest BCUT2D eigenvalue weighted by Crippen LogP contribution is -2.36. The molecule has 16 heavy (non-hydrogen) atoms. The van der Waals surface area contributed by atoms with Crippen LogP contribution in [0.15, 0.2) is 24.3 Å². The molecule has 90 valence electrons. The van der Waals surface area contributed by atoms with Crippen LogP contribution in [-0.2, 0) is 0 Å². The van der Waals surface area contributed by atoms with Gasteiger partial charge in [-0.3, -0.25) is 0 Å². The average Bonchev–Trinajstić information content (AvgIpc) is 2.17. The van der Waals surface area contributed by atoms with Crippen molar-refractivity contribution in [1.29, 1.82) is 0 Å². The van der Waals surface area contributed by atoms with E-state index in [1.165, 1.54) is 5.56 Å². The van der Waals surface area contributed by atoms with Crippen LogP contribution in [0.4, 0.5) is 0 Å². The number of aliphatic hydroxyl groups excluding tert-OH is 1. The maximum absolute atomic E-state index is 10.3. The third-order valence-corrected chi connectivity index (χ3v) is 2.99. The molecule has 1 rings (SSSR count). The largest absolute Gasteiger partial charge is 0.392 e. The van der Waals surface area contributed by atoms with E-state index in [-0.39, 0.29) is 11.3 Å². The highest BCUT2D eigenvalue weighted by molar-refractivity contribution is 5.27. The van der Waals surface area contributed by atoms with Gasteiger partial charge in [-0.1, -0.05) is 50.6 Å². The molecule has 1 aromatic rings. The van der Waals surface area contributed by atoms with E-state index < -0.39 is 6.10 Å². The second-order valence-corrected chi connectivity index (χ2v) is 5.57. The smallest absolute Gasteiger partial charge is 0.0669 e. The van der Waals surface area contributed by atoms with Crippen LogP contribution < -0.4 is 5.73 Å². The molecule has 0 amide bonds. The van der Waals surface area contributed by atoms with Crippen LogP contribution in [0.3, 0.4) is 0 Å². The topological polar surface area (TPSA) is 46.2 Å². The van der Waals surface area contributed by atoms with Gasteiger partial charge in [0.1, 0.15) is 0 Å². The Morgan fingerprint density at radius 3 is 2.38 bits per heavy atom. The number of hydrogen-bond acceptors (Lipinski definition) is 2. The third-order valence-electron chi connectivity index (χ3n) is 2.99. The van der Waals surface area contributed by atoms with Crippen LogP contribution in [0.1, 0.15) is 37.8 Å². The van der Waals surface area contributed by atoms with Crippen LogP contribution in [-0.4, -0.2) is 17.8 Å². The van der Waals surface area contributed by atoms with Crippen LogP contribution in [0.2, 0.25) is 0 Å². The predicted octanol–water partition coefficient (Wildman–Crippen LogP) is 2.44. The molecule has 0 heterocycles.